The molecule has 1 aliphatic heterocycles. The van der Waals surface area contributed by atoms with E-state index in [0.717, 1.165) is 42.9 Å². The molecule has 2 heterocycles. The summed E-state index contributed by atoms with van der Waals surface area (Å²) in [6.45, 7) is 3.89. The number of H-pyrrole nitrogens is 1. The van der Waals surface area contributed by atoms with E-state index in [1.165, 1.54) is 0 Å². The van der Waals surface area contributed by atoms with Crippen molar-refractivity contribution in [3.8, 4) is 17.0 Å². The molecule has 1 aromatic carbocycles. The van der Waals surface area contributed by atoms with E-state index in [2.05, 4.69) is 17.1 Å². The molecule has 2 aromatic rings. The Morgan fingerprint density at radius 1 is 1.27 bits per heavy atom. The van der Waals surface area contributed by atoms with Gasteiger partial charge in [-0.25, -0.2) is 0 Å². The molecule has 3 rings (SSSR count). The average Bonchev–Trinajstić information content (AvgIpc) is 3.04. The zero-order valence-electron chi connectivity index (χ0n) is 13.0. The van der Waals surface area contributed by atoms with Gasteiger partial charge in [0.15, 0.2) is 0 Å². The lowest BCUT2D eigenvalue weighted by Gasteiger charge is -2.30. The maximum absolute atomic E-state index is 12.7. The van der Waals surface area contributed by atoms with Gasteiger partial charge in [-0.1, -0.05) is 6.92 Å². The molecule has 1 fully saturated rings. The third kappa shape index (κ3) is 2.84. The van der Waals surface area contributed by atoms with E-state index < -0.39 is 0 Å². The number of amides is 1. The molecule has 0 saturated carbocycles. The van der Waals surface area contributed by atoms with Crippen molar-refractivity contribution >= 4 is 5.91 Å². The number of likely N-dealkylation sites (tertiary alicyclic amines) is 1. The third-order valence-electron chi connectivity index (χ3n) is 4.32. The van der Waals surface area contributed by atoms with E-state index in [1.807, 2.05) is 29.2 Å². The molecule has 116 valence electrons. The molecule has 1 aliphatic rings. The average molecular weight is 299 g/mol. The molecule has 5 nitrogen and oxygen atoms in total. The number of carbonyl (C=O) groups is 1. The third-order valence-corrected chi connectivity index (χ3v) is 4.32. The fourth-order valence-corrected chi connectivity index (χ4v) is 2.81. The number of hydrogen-bond acceptors (Lipinski definition) is 3. The van der Waals surface area contributed by atoms with Crippen LogP contribution in [0.1, 0.15) is 30.1 Å². The number of carbonyl (C=O) groups excluding carboxylic acids is 1. The first-order valence-corrected chi connectivity index (χ1v) is 7.66. The van der Waals surface area contributed by atoms with Crippen molar-refractivity contribution in [2.75, 3.05) is 20.2 Å². The predicted octanol–water partition coefficient (Wildman–Crippen LogP) is 2.96. The number of aromatic nitrogens is 2. The molecule has 0 atom stereocenters. The van der Waals surface area contributed by atoms with E-state index in [9.17, 15) is 4.79 Å². The molecule has 1 aromatic heterocycles. The minimum absolute atomic E-state index is 0.0615. The van der Waals surface area contributed by atoms with Crippen molar-refractivity contribution in [2.45, 2.75) is 19.8 Å². The summed E-state index contributed by atoms with van der Waals surface area (Å²) in [7, 11) is 1.64. The first-order valence-electron chi connectivity index (χ1n) is 7.66. The summed E-state index contributed by atoms with van der Waals surface area (Å²) in [6.07, 6.45) is 3.77. The molecule has 1 saturated heterocycles. The van der Waals surface area contributed by atoms with Crippen LogP contribution < -0.4 is 4.74 Å². The Morgan fingerprint density at radius 2 is 1.95 bits per heavy atom. The van der Waals surface area contributed by atoms with Crippen molar-refractivity contribution in [1.82, 2.24) is 15.1 Å². The fourth-order valence-electron chi connectivity index (χ4n) is 2.81. The van der Waals surface area contributed by atoms with Gasteiger partial charge in [0.05, 0.1) is 24.6 Å². The number of nitrogens with one attached hydrogen (secondary N) is 1. The van der Waals surface area contributed by atoms with Crippen LogP contribution >= 0.6 is 0 Å². The maximum Gasteiger partial charge on any atom is 0.257 e. The lowest BCUT2D eigenvalue weighted by atomic mass is 9.98. The Hall–Kier alpha value is -2.30. The summed E-state index contributed by atoms with van der Waals surface area (Å²) in [5.41, 5.74) is 2.35. The van der Waals surface area contributed by atoms with Crippen LogP contribution in [-0.4, -0.2) is 41.2 Å². The minimum atomic E-state index is 0.0615. The van der Waals surface area contributed by atoms with Crippen LogP contribution in [0.2, 0.25) is 0 Å². The molecule has 0 bridgehead atoms. The van der Waals surface area contributed by atoms with Gasteiger partial charge in [-0.2, -0.15) is 5.10 Å². The zero-order chi connectivity index (χ0) is 15.5. The highest BCUT2D eigenvalue weighted by Crippen LogP contribution is 2.26. The molecule has 1 amide bonds. The lowest BCUT2D eigenvalue weighted by Crippen LogP contribution is -2.37. The molecule has 22 heavy (non-hydrogen) atoms. The number of nitrogens with zero attached hydrogens (tertiary/aromatic N) is 2. The lowest BCUT2D eigenvalue weighted by molar-refractivity contribution is 0.0698. The van der Waals surface area contributed by atoms with Crippen LogP contribution in [-0.2, 0) is 0 Å². The molecule has 5 heteroatoms. The highest BCUT2D eigenvalue weighted by molar-refractivity contribution is 5.99. The first-order chi connectivity index (χ1) is 10.7. The second-order valence-corrected chi connectivity index (χ2v) is 5.86. The van der Waals surface area contributed by atoms with Gasteiger partial charge >= 0.3 is 0 Å². The van der Waals surface area contributed by atoms with Crippen LogP contribution in [0, 0.1) is 5.92 Å². The Labute approximate surface area is 130 Å². The molecule has 0 spiro atoms. The summed E-state index contributed by atoms with van der Waals surface area (Å²) in [6, 6.07) is 7.63. The van der Waals surface area contributed by atoms with Gasteiger partial charge < -0.3 is 9.64 Å². The smallest absolute Gasteiger partial charge is 0.257 e. The number of methoxy groups -OCH3 is 1. The van der Waals surface area contributed by atoms with Crippen LogP contribution in [0.4, 0.5) is 0 Å². The normalized spacial score (nSPS) is 15.8. The van der Waals surface area contributed by atoms with Crippen molar-refractivity contribution in [3.05, 3.63) is 36.0 Å². The van der Waals surface area contributed by atoms with Crippen molar-refractivity contribution in [1.29, 1.82) is 0 Å². The topological polar surface area (TPSA) is 58.2 Å². The van der Waals surface area contributed by atoms with Crippen LogP contribution in [0.15, 0.2) is 30.5 Å². The van der Waals surface area contributed by atoms with Crippen molar-refractivity contribution in [2.24, 2.45) is 5.92 Å². The number of rotatable bonds is 3. The highest BCUT2D eigenvalue weighted by Gasteiger charge is 2.24. The standard InChI is InChI=1S/C17H21N3O2/c1-12-7-9-20(10-8-12)17(21)15-11-18-19-16(15)13-3-5-14(22-2)6-4-13/h3-6,11-12H,7-10H2,1-2H3,(H,18,19). The van der Waals surface area contributed by atoms with Gasteiger partial charge in [-0.05, 0) is 43.0 Å². The summed E-state index contributed by atoms with van der Waals surface area (Å²) >= 11 is 0. The summed E-state index contributed by atoms with van der Waals surface area (Å²) in [4.78, 5) is 14.7. The number of piperidine rings is 1. The second-order valence-electron chi connectivity index (χ2n) is 5.86. The summed E-state index contributed by atoms with van der Waals surface area (Å²) in [5, 5.41) is 7.02. The molecule has 1 N–H and O–H groups in total. The summed E-state index contributed by atoms with van der Waals surface area (Å²) in [5.74, 6) is 1.56. The van der Waals surface area contributed by atoms with Gasteiger partial charge in [0, 0.05) is 18.7 Å². The Morgan fingerprint density at radius 3 is 2.59 bits per heavy atom. The van der Waals surface area contributed by atoms with E-state index in [1.54, 1.807) is 13.3 Å². The Kier molecular flexibility index (Phi) is 4.13. The molecular weight excluding hydrogens is 278 g/mol. The van der Waals surface area contributed by atoms with E-state index >= 15 is 0 Å². The molecule has 0 unspecified atom stereocenters. The second kappa shape index (κ2) is 6.22. The van der Waals surface area contributed by atoms with Gasteiger partial charge in [-0.3, -0.25) is 9.89 Å². The monoisotopic (exact) mass is 299 g/mol. The number of hydrogen-bond donors (Lipinski definition) is 1. The van der Waals surface area contributed by atoms with E-state index in [-0.39, 0.29) is 5.91 Å². The number of aromatic amines is 1. The summed E-state index contributed by atoms with van der Waals surface area (Å²) < 4.78 is 5.17. The quantitative estimate of drug-likeness (QED) is 0.948. The SMILES string of the molecule is COc1ccc(-c2[nH]ncc2C(=O)N2CCC(C)CC2)cc1. The zero-order valence-corrected chi connectivity index (χ0v) is 13.0. The highest BCUT2D eigenvalue weighted by atomic mass is 16.5. The Balaban J connectivity index is 1.83. The van der Waals surface area contributed by atoms with Crippen molar-refractivity contribution in [3.63, 3.8) is 0 Å². The fraction of sp³-hybridized carbons (Fsp3) is 0.412. The number of benzene rings is 1. The molecule has 0 aliphatic carbocycles. The molecular formula is C17H21N3O2. The van der Waals surface area contributed by atoms with Crippen molar-refractivity contribution < 1.29 is 9.53 Å². The van der Waals surface area contributed by atoms with Gasteiger partial charge in [0.1, 0.15) is 5.75 Å². The largest absolute Gasteiger partial charge is 0.497 e. The maximum atomic E-state index is 12.7. The number of ether oxygens (including phenoxy) is 1. The van der Waals surface area contributed by atoms with Crippen LogP contribution in [0.5, 0.6) is 5.75 Å². The van der Waals surface area contributed by atoms with Gasteiger partial charge in [-0.15, -0.1) is 0 Å². The Bertz CT molecular complexity index is 640. The van der Waals surface area contributed by atoms with Gasteiger partial charge in [0.25, 0.3) is 5.91 Å². The van der Waals surface area contributed by atoms with E-state index in [4.69, 9.17) is 4.74 Å². The van der Waals surface area contributed by atoms with Gasteiger partial charge in [0.2, 0.25) is 0 Å². The van der Waals surface area contributed by atoms with E-state index in [0.29, 0.717) is 11.5 Å². The van der Waals surface area contributed by atoms with Crippen LogP contribution in [0.25, 0.3) is 11.3 Å². The predicted molar refractivity (Wildman–Crippen MR) is 84.9 cm³/mol. The molecule has 0 radical (unpaired) electrons. The van der Waals surface area contributed by atoms with Crippen LogP contribution in [0.3, 0.4) is 0 Å². The first kappa shape index (κ1) is 14.6. The minimum Gasteiger partial charge on any atom is -0.497 e.